The van der Waals surface area contributed by atoms with Crippen molar-refractivity contribution in [2.75, 3.05) is 0 Å². The number of hydrogen-bond acceptors (Lipinski definition) is 1. The molecular weight excluding hydrogens is 194 g/mol. The van der Waals surface area contributed by atoms with E-state index in [2.05, 4.69) is 45.0 Å². The van der Waals surface area contributed by atoms with Crippen molar-refractivity contribution in [3.05, 3.63) is 52.3 Å². The molecular formula is C15H15N. The van der Waals surface area contributed by atoms with Crippen LogP contribution in [0.25, 0.3) is 11.1 Å². The second-order valence-corrected chi connectivity index (χ2v) is 4.72. The third kappa shape index (κ3) is 1.28. The molecule has 0 atom stereocenters. The first kappa shape index (κ1) is 9.59. The molecule has 80 valence electrons. The Morgan fingerprint density at radius 1 is 1.00 bits per heavy atom. The SMILES string of the molecule is Cc1ccc2c(c1)Cc1nc(C)c(C)cc1-2. The largest absolute Gasteiger partial charge is 0.257 e. The van der Waals surface area contributed by atoms with Crippen molar-refractivity contribution in [2.24, 2.45) is 0 Å². The van der Waals surface area contributed by atoms with E-state index in [4.69, 9.17) is 4.98 Å². The van der Waals surface area contributed by atoms with E-state index in [0.29, 0.717) is 0 Å². The van der Waals surface area contributed by atoms with Crippen LogP contribution >= 0.6 is 0 Å². The first-order valence-electron chi connectivity index (χ1n) is 5.72. The van der Waals surface area contributed by atoms with Gasteiger partial charge in [0.25, 0.3) is 0 Å². The number of aryl methyl sites for hydroxylation is 3. The Balaban J connectivity index is 2.25. The molecule has 1 aromatic carbocycles. The van der Waals surface area contributed by atoms with Crippen molar-refractivity contribution in [2.45, 2.75) is 27.2 Å². The zero-order chi connectivity index (χ0) is 11.3. The Hall–Kier alpha value is -1.63. The quantitative estimate of drug-likeness (QED) is 0.551. The van der Waals surface area contributed by atoms with Gasteiger partial charge >= 0.3 is 0 Å². The molecule has 0 spiro atoms. The van der Waals surface area contributed by atoms with Gasteiger partial charge in [0.2, 0.25) is 0 Å². The second-order valence-electron chi connectivity index (χ2n) is 4.72. The van der Waals surface area contributed by atoms with Gasteiger partial charge in [0, 0.05) is 17.7 Å². The highest BCUT2D eigenvalue weighted by atomic mass is 14.7. The van der Waals surface area contributed by atoms with E-state index in [1.54, 1.807) is 0 Å². The van der Waals surface area contributed by atoms with Crippen LogP contribution in [-0.4, -0.2) is 4.98 Å². The molecule has 0 radical (unpaired) electrons. The molecule has 1 nitrogen and oxygen atoms in total. The van der Waals surface area contributed by atoms with E-state index in [1.165, 1.54) is 33.5 Å². The number of nitrogens with zero attached hydrogens (tertiary/aromatic N) is 1. The Kier molecular flexibility index (Phi) is 1.90. The highest BCUT2D eigenvalue weighted by molar-refractivity contribution is 5.76. The molecule has 0 aliphatic heterocycles. The van der Waals surface area contributed by atoms with Crippen molar-refractivity contribution < 1.29 is 0 Å². The van der Waals surface area contributed by atoms with Gasteiger partial charge in [-0.1, -0.05) is 23.8 Å². The van der Waals surface area contributed by atoms with Crippen LogP contribution in [0.15, 0.2) is 24.3 Å². The summed E-state index contributed by atoms with van der Waals surface area (Å²) in [6.07, 6.45) is 0.994. The number of rotatable bonds is 0. The van der Waals surface area contributed by atoms with Crippen LogP contribution in [0.4, 0.5) is 0 Å². The molecule has 0 fully saturated rings. The monoisotopic (exact) mass is 209 g/mol. The molecule has 0 N–H and O–H groups in total. The highest BCUT2D eigenvalue weighted by Crippen LogP contribution is 2.36. The molecule has 3 rings (SSSR count). The lowest BCUT2D eigenvalue weighted by molar-refractivity contribution is 1.05. The summed E-state index contributed by atoms with van der Waals surface area (Å²) < 4.78 is 0. The second kappa shape index (κ2) is 3.18. The molecule has 0 saturated heterocycles. The van der Waals surface area contributed by atoms with Crippen molar-refractivity contribution in [3.63, 3.8) is 0 Å². The molecule has 1 heterocycles. The number of fused-ring (bicyclic) bond motifs is 3. The Bertz CT molecular complexity index is 582. The van der Waals surface area contributed by atoms with Gasteiger partial charge in [-0.05, 0) is 43.5 Å². The van der Waals surface area contributed by atoms with Crippen molar-refractivity contribution in [1.29, 1.82) is 0 Å². The molecule has 1 aromatic heterocycles. The van der Waals surface area contributed by atoms with E-state index < -0.39 is 0 Å². The zero-order valence-corrected chi connectivity index (χ0v) is 9.96. The maximum Gasteiger partial charge on any atom is 0.0529 e. The third-order valence-corrected chi connectivity index (χ3v) is 3.45. The molecule has 0 amide bonds. The van der Waals surface area contributed by atoms with Crippen LogP contribution in [0.3, 0.4) is 0 Å². The predicted molar refractivity (Wildman–Crippen MR) is 66.7 cm³/mol. The van der Waals surface area contributed by atoms with Gasteiger partial charge in [-0.15, -0.1) is 0 Å². The van der Waals surface area contributed by atoms with Crippen LogP contribution in [0.5, 0.6) is 0 Å². The smallest absolute Gasteiger partial charge is 0.0529 e. The summed E-state index contributed by atoms with van der Waals surface area (Å²) in [7, 11) is 0. The molecule has 1 aliphatic rings. The lowest BCUT2D eigenvalue weighted by Gasteiger charge is -2.04. The minimum Gasteiger partial charge on any atom is -0.257 e. The molecule has 2 aromatic rings. The molecule has 16 heavy (non-hydrogen) atoms. The van der Waals surface area contributed by atoms with E-state index in [0.717, 1.165) is 12.1 Å². The maximum atomic E-state index is 4.70. The summed E-state index contributed by atoms with van der Waals surface area (Å²) >= 11 is 0. The summed E-state index contributed by atoms with van der Waals surface area (Å²) in [5.74, 6) is 0. The summed E-state index contributed by atoms with van der Waals surface area (Å²) in [6.45, 7) is 6.37. The van der Waals surface area contributed by atoms with Crippen LogP contribution in [0.2, 0.25) is 0 Å². The van der Waals surface area contributed by atoms with Crippen LogP contribution in [0, 0.1) is 20.8 Å². The minimum absolute atomic E-state index is 0.994. The fraction of sp³-hybridized carbons (Fsp3) is 0.267. The fourth-order valence-electron chi connectivity index (χ4n) is 2.43. The van der Waals surface area contributed by atoms with E-state index in [1.807, 2.05) is 0 Å². The first-order valence-corrected chi connectivity index (χ1v) is 5.72. The van der Waals surface area contributed by atoms with Crippen molar-refractivity contribution in [1.82, 2.24) is 4.98 Å². The molecule has 1 heteroatoms. The summed E-state index contributed by atoms with van der Waals surface area (Å²) in [6, 6.07) is 8.97. The lowest BCUT2D eigenvalue weighted by Crippen LogP contribution is -1.92. The van der Waals surface area contributed by atoms with Crippen molar-refractivity contribution in [3.8, 4) is 11.1 Å². The van der Waals surface area contributed by atoms with E-state index in [9.17, 15) is 0 Å². The van der Waals surface area contributed by atoms with Gasteiger partial charge in [-0.25, -0.2) is 0 Å². The molecule has 0 saturated carbocycles. The molecule has 0 unspecified atom stereocenters. The topological polar surface area (TPSA) is 12.9 Å². The van der Waals surface area contributed by atoms with Gasteiger partial charge in [0.05, 0.1) is 5.69 Å². The number of benzene rings is 1. The highest BCUT2D eigenvalue weighted by Gasteiger charge is 2.20. The van der Waals surface area contributed by atoms with E-state index in [-0.39, 0.29) is 0 Å². The van der Waals surface area contributed by atoms with Gasteiger partial charge in [-0.3, -0.25) is 4.98 Å². The zero-order valence-electron chi connectivity index (χ0n) is 9.96. The number of aromatic nitrogens is 1. The average Bonchev–Trinajstić information content (AvgIpc) is 2.55. The Labute approximate surface area is 96.2 Å². The first-order chi connectivity index (χ1) is 7.65. The normalized spacial score (nSPS) is 12.4. The van der Waals surface area contributed by atoms with Crippen LogP contribution < -0.4 is 0 Å². The predicted octanol–water partition coefficient (Wildman–Crippen LogP) is 3.58. The van der Waals surface area contributed by atoms with Gasteiger partial charge in [-0.2, -0.15) is 0 Å². The minimum atomic E-state index is 0.994. The van der Waals surface area contributed by atoms with Gasteiger partial charge in [0.1, 0.15) is 0 Å². The van der Waals surface area contributed by atoms with Gasteiger partial charge < -0.3 is 0 Å². The maximum absolute atomic E-state index is 4.70. The Morgan fingerprint density at radius 3 is 2.62 bits per heavy atom. The number of pyridine rings is 1. The van der Waals surface area contributed by atoms with Crippen LogP contribution in [-0.2, 0) is 6.42 Å². The summed E-state index contributed by atoms with van der Waals surface area (Å²) in [5, 5.41) is 0. The van der Waals surface area contributed by atoms with Crippen LogP contribution in [0.1, 0.15) is 28.1 Å². The summed E-state index contributed by atoms with van der Waals surface area (Å²) in [4.78, 5) is 4.70. The number of hydrogen-bond donors (Lipinski definition) is 0. The fourth-order valence-corrected chi connectivity index (χ4v) is 2.43. The van der Waals surface area contributed by atoms with Gasteiger partial charge in [0.15, 0.2) is 0 Å². The molecule has 1 aliphatic carbocycles. The van der Waals surface area contributed by atoms with Crippen molar-refractivity contribution >= 4 is 0 Å². The lowest BCUT2D eigenvalue weighted by atomic mass is 10.0. The molecule has 0 bridgehead atoms. The standard InChI is InChI=1S/C15H15N/c1-9-4-5-13-12(6-9)8-15-14(13)7-10(2)11(3)16-15/h4-7H,8H2,1-3H3. The third-order valence-electron chi connectivity index (χ3n) is 3.45. The average molecular weight is 209 g/mol. The Morgan fingerprint density at radius 2 is 1.81 bits per heavy atom. The van der Waals surface area contributed by atoms with E-state index >= 15 is 0 Å². The summed E-state index contributed by atoms with van der Waals surface area (Å²) in [5.41, 5.74) is 9.14.